The maximum atomic E-state index is 15.3. The van der Waals surface area contributed by atoms with Gasteiger partial charge in [0.05, 0.1) is 30.1 Å². The number of hydrogen-bond donors (Lipinski definition) is 0. The molecular formula is C28H32FN5O4. The van der Waals surface area contributed by atoms with E-state index in [2.05, 4.69) is 14.9 Å². The van der Waals surface area contributed by atoms with Crippen molar-refractivity contribution in [3.63, 3.8) is 0 Å². The van der Waals surface area contributed by atoms with Gasteiger partial charge in [0.1, 0.15) is 6.33 Å². The van der Waals surface area contributed by atoms with Crippen LogP contribution in [0.2, 0.25) is 0 Å². The Morgan fingerprint density at radius 1 is 1.03 bits per heavy atom. The monoisotopic (exact) mass is 521 g/mol. The average molecular weight is 522 g/mol. The van der Waals surface area contributed by atoms with Crippen molar-refractivity contribution in [2.24, 2.45) is 7.05 Å². The molecule has 0 radical (unpaired) electrons. The summed E-state index contributed by atoms with van der Waals surface area (Å²) >= 11 is 0. The van der Waals surface area contributed by atoms with Gasteiger partial charge in [-0.05, 0) is 37.6 Å². The average Bonchev–Trinajstić information content (AvgIpc) is 3.22. The number of aryl methyl sites for hydroxylation is 2. The topological polar surface area (TPSA) is 82.0 Å². The SMILES string of the molecule is COc1cc2ncnc(Oc3ccc4c(cc(C)n4C)c3F)c2cc1OCCCN1CCN(C(C)=O)CC1. The number of nitrogens with zero attached hydrogens (tertiary/aromatic N) is 5. The van der Waals surface area contributed by atoms with Crippen LogP contribution in [0.4, 0.5) is 4.39 Å². The van der Waals surface area contributed by atoms with Crippen LogP contribution in [0.1, 0.15) is 19.0 Å². The third kappa shape index (κ3) is 5.08. The van der Waals surface area contributed by atoms with Gasteiger partial charge in [0.15, 0.2) is 23.1 Å². The van der Waals surface area contributed by atoms with Crippen molar-refractivity contribution in [2.45, 2.75) is 20.3 Å². The van der Waals surface area contributed by atoms with Crippen molar-refractivity contribution in [2.75, 3.05) is 46.4 Å². The zero-order valence-electron chi connectivity index (χ0n) is 22.2. The Balaban J connectivity index is 1.31. The van der Waals surface area contributed by atoms with Crippen LogP contribution in [0.15, 0.2) is 36.7 Å². The number of hydrogen-bond acceptors (Lipinski definition) is 7. The molecule has 0 N–H and O–H groups in total. The second-order valence-corrected chi connectivity index (χ2v) is 9.51. The first-order valence-electron chi connectivity index (χ1n) is 12.7. The van der Waals surface area contributed by atoms with Crippen LogP contribution in [-0.4, -0.2) is 76.7 Å². The van der Waals surface area contributed by atoms with Gasteiger partial charge in [0, 0.05) is 63.8 Å². The first-order chi connectivity index (χ1) is 18.4. The lowest BCUT2D eigenvalue weighted by Crippen LogP contribution is -2.48. The molecule has 0 atom stereocenters. The number of halogens is 1. The number of ether oxygens (including phenoxy) is 3. The fraction of sp³-hybridized carbons (Fsp3) is 0.393. The maximum Gasteiger partial charge on any atom is 0.230 e. The van der Waals surface area contributed by atoms with E-state index in [0.29, 0.717) is 34.4 Å². The molecule has 1 aliphatic rings. The van der Waals surface area contributed by atoms with Gasteiger partial charge in [0.25, 0.3) is 0 Å². The van der Waals surface area contributed by atoms with Gasteiger partial charge in [0.2, 0.25) is 11.8 Å². The summed E-state index contributed by atoms with van der Waals surface area (Å²) in [5.74, 6) is 1.09. The Morgan fingerprint density at radius 3 is 2.55 bits per heavy atom. The van der Waals surface area contributed by atoms with Gasteiger partial charge in [-0.15, -0.1) is 0 Å². The van der Waals surface area contributed by atoms with Crippen molar-refractivity contribution < 1.29 is 23.4 Å². The number of fused-ring (bicyclic) bond motifs is 2. The van der Waals surface area contributed by atoms with Crippen LogP contribution >= 0.6 is 0 Å². The highest BCUT2D eigenvalue weighted by Crippen LogP contribution is 2.37. The van der Waals surface area contributed by atoms with Crippen LogP contribution in [0.3, 0.4) is 0 Å². The number of benzene rings is 2. The van der Waals surface area contributed by atoms with Gasteiger partial charge < -0.3 is 23.7 Å². The van der Waals surface area contributed by atoms with E-state index in [1.807, 2.05) is 29.5 Å². The molecule has 10 heteroatoms. The molecule has 9 nitrogen and oxygen atoms in total. The molecule has 1 saturated heterocycles. The molecule has 0 saturated carbocycles. The molecule has 2 aromatic carbocycles. The number of amides is 1. The van der Waals surface area contributed by atoms with Crippen molar-refractivity contribution in [3.05, 3.63) is 48.2 Å². The molecule has 0 unspecified atom stereocenters. The normalized spacial score (nSPS) is 14.3. The number of aromatic nitrogens is 3. The number of carbonyl (C=O) groups excluding carboxylic acids is 1. The van der Waals surface area contributed by atoms with E-state index in [1.165, 1.54) is 6.33 Å². The third-order valence-electron chi connectivity index (χ3n) is 7.15. The van der Waals surface area contributed by atoms with Gasteiger partial charge in [-0.25, -0.2) is 14.4 Å². The van der Waals surface area contributed by atoms with E-state index < -0.39 is 5.82 Å². The van der Waals surface area contributed by atoms with Crippen LogP contribution in [0.25, 0.3) is 21.8 Å². The van der Waals surface area contributed by atoms with Crippen molar-refractivity contribution in [1.29, 1.82) is 0 Å². The Hall–Kier alpha value is -3.92. The van der Waals surface area contributed by atoms with Gasteiger partial charge in [-0.2, -0.15) is 0 Å². The van der Waals surface area contributed by atoms with Crippen LogP contribution < -0.4 is 14.2 Å². The zero-order valence-corrected chi connectivity index (χ0v) is 22.2. The lowest BCUT2D eigenvalue weighted by molar-refractivity contribution is -0.130. The fourth-order valence-corrected chi connectivity index (χ4v) is 4.82. The minimum Gasteiger partial charge on any atom is -0.493 e. The fourth-order valence-electron chi connectivity index (χ4n) is 4.82. The summed E-state index contributed by atoms with van der Waals surface area (Å²) in [6, 6.07) is 8.79. The summed E-state index contributed by atoms with van der Waals surface area (Å²) in [6.45, 7) is 8.15. The zero-order chi connectivity index (χ0) is 26.8. The Kier molecular flexibility index (Phi) is 7.33. The molecule has 38 heavy (non-hydrogen) atoms. The van der Waals surface area contributed by atoms with Gasteiger partial charge in [-0.1, -0.05) is 0 Å². The summed E-state index contributed by atoms with van der Waals surface area (Å²) in [5, 5.41) is 1.08. The van der Waals surface area contributed by atoms with Crippen LogP contribution in [0.5, 0.6) is 23.1 Å². The summed E-state index contributed by atoms with van der Waals surface area (Å²) < 4.78 is 34.8. The van der Waals surface area contributed by atoms with Crippen molar-refractivity contribution in [1.82, 2.24) is 24.3 Å². The minimum absolute atomic E-state index is 0.0891. The second kappa shape index (κ2) is 10.8. The largest absolute Gasteiger partial charge is 0.493 e. The van der Waals surface area contributed by atoms with Crippen LogP contribution in [-0.2, 0) is 11.8 Å². The third-order valence-corrected chi connectivity index (χ3v) is 7.15. The van der Waals surface area contributed by atoms with E-state index >= 15 is 4.39 Å². The quantitative estimate of drug-likeness (QED) is 0.320. The van der Waals surface area contributed by atoms with E-state index in [1.54, 1.807) is 38.3 Å². The second-order valence-electron chi connectivity index (χ2n) is 9.51. The highest BCUT2D eigenvalue weighted by molar-refractivity contribution is 5.87. The number of carbonyl (C=O) groups is 1. The summed E-state index contributed by atoms with van der Waals surface area (Å²) in [5.41, 5.74) is 2.34. The minimum atomic E-state index is -0.438. The van der Waals surface area contributed by atoms with E-state index in [-0.39, 0.29) is 17.5 Å². The Bertz CT molecular complexity index is 1480. The molecule has 2 aromatic heterocycles. The van der Waals surface area contributed by atoms with E-state index in [0.717, 1.165) is 50.4 Å². The lowest BCUT2D eigenvalue weighted by atomic mass is 10.2. The molecule has 1 fully saturated rings. The molecule has 200 valence electrons. The molecule has 1 aliphatic heterocycles. The van der Waals surface area contributed by atoms with E-state index in [4.69, 9.17) is 14.2 Å². The molecule has 0 aliphatic carbocycles. The molecule has 5 rings (SSSR count). The van der Waals surface area contributed by atoms with E-state index in [9.17, 15) is 4.79 Å². The molecule has 0 bridgehead atoms. The molecule has 3 heterocycles. The predicted molar refractivity (Wildman–Crippen MR) is 143 cm³/mol. The van der Waals surface area contributed by atoms with Crippen molar-refractivity contribution >= 4 is 27.7 Å². The highest BCUT2D eigenvalue weighted by Gasteiger charge is 2.19. The summed E-state index contributed by atoms with van der Waals surface area (Å²) in [7, 11) is 3.48. The van der Waals surface area contributed by atoms with Gasteiger partial charge in [-0.3, -0.25) is 9.69 Å². The number of methoxy groups -OCH3 is 1. The summed E-state index contributed by atoms with van der Waals surface area (Å²) in [6.07, 6.45) is 2.20. The van der Waals surface area contributed by atoms with Crippen molar-refractivity contribution in [3.8, 4) is 23.1 Å². The lowest BCUT2D eigenvalue weighted by Gasteiger charge is -2.34. The maximum absolute atomic E-state index is 15.3. The van der Waals surface area contributed by atoms with Gasteiger partial charge >= 0.3 is 0 Å². The summed E-state index contributed by atoms with van der Waals surface area (Å²) in [4.78, 5) is 24.4. The molecule has 0 spiro atoms. The first kappa shape index (κ1) is 25.7. The highest BCUT2D eigenvalue weighted by atomic mass is 19.1. The molecular weight excluding hydrogens is 489 g/mol. The number of rotatable bonds is 8. The van der Waals surface area contributed by atoms with Crippen LogP contribution in [0, 0.1) is 12.7 Å². The Morgan fingerprint density at radius 2 is 1.82 bits per heavy atom. The smallest absolute Gasteiger partial charge is 0.230 e. The molecule has 4 aromatic rings. The molecule has 1 amide bonds. The standard InChI is InChI=1S/C28H32FN5O4/c1-18-14-21-23(32(18)3)6-7-24(27(21)29)38-28-20-15-26(25(36-4)16-22(20)30-17-31-28)37-13-5-8-33-9-11-34(12-10-33)19(2)35/h6-7,14-17H,5,8-13H2,1-4H3. The number of piperazine rings is 1. The Labute approximate surface area is 220 Å². The first-order valence-corrected chi connectivity index (χ1v) is 12.7. The predicted octanol–water partition coefficient (Wildman–Crippen LogP) is 4.30.